The van der Waals surface area contributed by atoms with Gasteiger partial charge < -0.3 is 14.0 Å². The maximum atomic E-state index is 12.5. The van der Waals surface area contributed by atoms with Gasteiger partial charge in [-0.3, -0.25) is 4.79 Å². The van der Waals surface area contributed by atoms with Gasteiger partial charge in [-0.25, -0.2) is 0 Å². The van der Waals surface area contributed by atoms with E-state index in [2.05, 4.69) is 26.8 Å². The van der Waals surface area contributed by atoms with E-state index >= 15 is 0 Å². The molecule has 0 unspecified atom stereocenters. The van der Waals surface area contributed by atoms with Crippen LogP contribution in [0.3, 0.4) is 0 Å². The first-order valence-electron chi connectivity index (χ1n) is 7.61. The Kier molecular flexibility index (Phi) is 5.45. The monoisotopic (exact) mass is 430 g/mol. The third-order valence-corrected chi connectivity index (χ3v) is 5.30. The number of rotatable bonds is 4. The maximum absolute atomic E-state index is 12.5. The van der Waals surface area contributed by atoms with Crippen LogP contribution in [-0.4, -0.2) is 24.7 Å². The van der Waals surface area contributed by atoms with Gasteiger partial charge in [0.15, 0.2) is 16.3 Å². The van der Waals surface area contributed by atoms with Crippen LogP contribution in [0.2, 0.25) is 0 Å². The van der Waals surface area contributed by atoms with Crippen LogP contribution in [0.4, 0.5) is 0 Å². The zero-order valence-electron chi connectivity index (χ0n) is 14.2. The topological polar surface area (TPSA) is 52.8 Å². The lowest BCUT2D eigenvalue weighted by Gasteiger charge is -2.08. The van der Waals surface area contributed by atoms with Crippen LogP contribution in [-0.2, 0) is 6.54 Å². The largest absolute Gasteiger partial charge is 0.493 e. The standard InChI is InChI=1S/C19H15BrN2O3S/c1-4-9-22-14-10-15(24-2)16(25-3)11-17(14)26-19(22)21-18(23)12-5-7-13(20)8-6-12/h1,5-8,10-11H,9H2,2-3H3. The number of fused-ring (bicyclic) bond motifs is 1. The molecule has 7 heteroatoms. The van der Waals surface area contributed by atoms with Crippen LogP contribution in [0.25, 0.3) is 10.2 Å². The molecule has 0 bridgehead atoms. The zero-order chi connectivity index (χ0) is 18.7. The molecule has 132 valence electrons. The molecule has 0 aliphatic heterocycles. The van der Waals surface area contributed by atoms with Crippen molar-refractivity contribution in [3.8, 4) is 23.8 Å². The summed E-state index contributed by atoms with van der Waals surface area (Å²) in [6.45, 7) is 0.294. The quantitative estimate of drug-likeness (QED) is 0.590. The van der Waals surface area contributed by atoms with Gasteiger partial charge in [0.25, 0.3) is 5.91 Å². The van der Waals surface area contributed by atoms with Gasteiger partial charge in [-0.2, -0.15) is 4.99 Å². The summed E-state index contributed by atoms with van der Waals surface area (Å²) in [6.07, 6.45) is 5.51. The summed E-state index contributed by atoms with van der Waals surface area (Å²) in [5.74, 6) is 3.49. The lowest BCUT2D eigenvalue weighted by Crippen LogP contribution is -2.16. The summed E-state index contributed by atoms with van der Waals surface area (Å²) in [6, 6.07) is 10.7. The zero-order valence-corrected chi connectivity index (χ0v) is 16.6. The molecule has 1 aromatic heterocycles. The first-order chi connectivity index (χ1) is 12.6. The predicted octanol–water partition coefficient (Wildman–Crippen LogP) is 3.86. The maximum Gasteiger partial charge on any atom is 0.279 e. The Morgan fingerprint density at radius 3 is 2.50 bits per heavy atom. The number of amides is 1. The number of hydrogen-bond acceptors (Lipinski definition) is 4. The lowest BCUT2D eigenvalue weighted by molar-refractivity contribution is 0.0998. The van der Waals surface area contributed by atoms with E-state index in [4.69, 9.17) is 15.9 Å². The first kappa shape index (κ1) is 18.2. The van der Waals surface area contributed by atoms with E-state index in [0.29, 0.717) is 28.4 Å². The first-order valence-corrected chi connectivity index (χ1v) is 9.21. The Balaban J connectivity index is 2.18. The summed E-state index contributed by atoms with van der Waals surface area (Å²) in [4.78, 5) is 17.3. The van der Waals surface area contributed by atoms with Crippen LogP contribution in [0.15, 0.2) is 45.9 Å². The fraction of sp³-hybridized carbons (Fsp3) is 0.158. The van der Waals surface area contributed by atoms with Gasteiger partial charge in [-0.05, 0) is 24.3 Å². The van der Waals surface area contributed by atoms with Crippen molar-refractivity contribution >= 4 is 43.4 Å². The third-order valence-electron chi connectivity index (χ3n) is 3.73. The van der Waals surface area contributed by atoms with Gasteiger partial charge in [0.1, 0.15) is 0 Å². The molecule has 5 nitrogen and oxygen atoms in total. The normalized spacial score (nSPS) is 11.4. The minimum Gasteiger partial charge on any atom is -0.493 e. The number of carbonyl (C=O) groups is 1. The summed E-state index contributed by atoms with van der Waals surface area (Å²) in [5.41, 5.74) is 1.35. The molecular formula is C19H15BrN2O3S. The summed E-state index contributed by atoms with van der Waals surface area (Å²) in [5, 5.41) is 0. The van der Waals surface area contributed by atoms with Crippen molar-refractivity contribution in [1.82, 2.24) is 4.57 Å². The number of halogens is 1. The van der Waals surface area contributed by atoms with Crippen LogP contribution in [0, 0.1) is 12.3 Å². The van der Waals surface area contributed by atoms with Gasteiger partial charge in [0, 0.05) is 22.2 Å². The number of methoxy groups -OCH3 is 2. The highest BCUT2D eigenvalue weighted by atomic mass is 79.9. The fourth-order valence-corrected chi connectivity index (χ4v) is 3.77. The van der Waals surface area contributed by atoms with E-state index in [1.807, 2.05) is 16.7 Å². The molecule has 2 aromatic carbocycles. The Labute approximate surface area is 163 Å². The number of nitrogens with zero attached hydrogens (tertiary/aromatic N) is 2. The van der Waals surface area contributed by atoms with Crippen LogP contribution in [0.5, 0.6) is 11.5 Å². The van der Waals surface area contributed by atoms with Gasteiger partial charge in [-0.15, -0.1) is 6.42 Å². The second-order valence-corrected chi connectivity index (χ2v) is 7.20. The molecule has 0 fully saturated rings. The van der Waals surface area contributed by atoms with Gasteiger partial charge in [0.05, 0.1) is 31.0 Å². The molecule has 0 saturated heterocycles. The smallest absolute Gasteiger partial charge is 0.279 e. The molecule has 0 atom stereocenters. The Morgan fingerprint density at radius 2 is 1.88 bits per heavy atom. The van der Waals surface area contributed by atoms with Crippen LogP contribution in [0.1, 0.15) is 10.4 Å². The molecule has 0 aliphatic rings. The molecule has 3 rings (SSSR count). The second-order valence-electron chi connectivity index (χ2n) is 5.27. The minimum absolute atomic E-state index is 0.294. The predicted molar refractivity (Wildman–Crippen MR) is 106 cm³/mol. The van der Waals surface area contributed by atoms with E-state index in [1.54, 1.807) is 38.5 Å². The fourth-order valence-electron chi connectivity index (χ4n) is 2.47. The van der Waals surface area contributed by atoms with E-state index in [1.165, 1.54) is 11.3 Å². The third kappa shape index (κ3) is 3.52. The highest BCUT2D eigenvalue weighted by Crippen LogP contribution is 2.33. The molecule has 3 aromatic rings. The number of hydrogen-bond donors (Lipinski definition) is 0. The van der Waals surface area contributed by atoms with Crippen molar-refractivity contribution in [1.29, 1.82) is 0 Å². The summed E-state index contributed by atoms with van der Waals surface area (Å²) >= 11 is 4.73. The lowest BCUT2D eigenvalue weighted by atomic mass is 10.2. The minimum atomic E-state index is -0.325. The van der Waals surface area contributed by atoms with E-state index in [-0.39, 0.29) is 5.91 Å². The van der Waals surface area contributed by atoms with Crippen molar-refractivity contribution in [3.63, 3.8) is 0 Å². The van der Waals surface area contributed by atoms with Gasteiger partial charge in [0.2, 0.25) is 0 Å². The van der Waals surface area contributed by atoms with Crippen LogP contribution >= 0.6 is 27.3 Å². The molecule has 1 amide bonds. The van der Waals surface area contributed by atoms with E-state index in [9.17, 15) is 4.79 Å². The SMILES string of the molecule is C#CCn1c(=NC(=O)c2ccc(Br)cc2)sc2cc(OC)c(OC)cc21. The molecule has 0 aliphatic carbocycles. The van der Waals surface area contributed by atoms with Gasteiger partial charge in [-0.1, -0.05) is 33.2 Å². The number of terminal acetylenes is 1. The number of benzene rings is 2. The number of ether oxygens (including phenoxy) is 2. The highest BCUT2D eigenvalue weighted by molar-refractivity contribution is 9.10. The molecule has 0 spiro atoms. The van der Waals surface area contributed by atoms with E-state index in [0.717, 1.165) is 14.7 Å². The molecule has 1 heterocycles. The Bertz CT molecular complexity index is 1080. The molecule has 0 N–H and O–H groups in total. The number of aromatic nitrogens is 1. The van der Waals surface area contributed by atoms with E-state index < -0.39 is 0 Å². The average molecular weight is 431 g/mol. The van der Waals surface area contributed by atoms with Gasteiger partial charge >= 0.3 is 0 Å². The van der Waals surface area contributed by atoms with Crippen molar-refractivity contribution in [2.75, 3.05) is 14.2 Å². The molecule has 0 radical (unpaired) electrons. The highest BCUT2D eigenvalue weighted by Gasteiger charge is 2.13. The molecule has 26 heavy (non-hydrogen) atoms. The summed E-state index contributed by atoms with van der Waals surface area (Å²) < 4.78 is 14.3. The van der Waals surface area contributed by atoms with Crippen molar-refractivity contribution < 1.29 is 14.3 Å². The van der Waals surface area contributed by atoms with Crippen molar-refractivity contribution in [3.05, 3.63) is 51.2 Å². The average Bonchev–Trinajstić information content (AvgIpc) is 2.97. The Morgan fingerprint density at radius 1 is 1.23 bits per heavy atom. The molecule has 0 saturated carbocycles. The molecular weight excluding hydrogens is 416 g/mol. The number of carbonyl (C=O) groups excluding carboxylic acids is 1. The number of thiazole rings is 1. The second kappa shape index (κ2) is 7.77. The van der Waals surface area contributed by atoms with Crippen LogP contribution < -0.4 is 14.3 Å². The Hall–Kier alpha value is -2.56. The summed E-state index contributed by atoms with van der Waals surface area (Å²) in [7, 11) is 3.15. The van der Waals surface area contributed by atoms with Crippen molar-refractivity contribution in [2.24, 2.45) is 4.99 Å². The van der Waals surface area contributed by atoms with Crippen molar-refractivity contribution in [2.45, 2.75) is 6.54 Å².